The summed E-state index contributed by atoms with van der Waals surface area (Å²) in [5.74, 6) is -0.367. The Bertz CT molecular complexity index is 1110. The van der Waals surface area contributed by atoms with Crippen LogP contribution in [0.1, 0.15) is 43.2 Å². The smallest absolute Gasteiger partial charge is 0.251 e. The lowest BCUT2D eigenvalue weighted by Crippen LogP contribution is -2.31. The molecule has 0 saturated carbocycles. The van der Waals surface area contributed by atoms with E-state index < -0.39 is 10.0 Å². The minimum atomic E-state index is -3.73. The molecule has 0 saturated heterocycles. The molecule has 160 valence electrons. The first kappa shape index (κ1) is 21.8. The third-order valence-corrected chi connectivity index (χ3v) is 5.93. The fourth-order valence-corrected chi connectivity index (χ4v) is 4.30. The van der Waals surface area contributed by atoms with Crippen molar-refractivity contribution in [3.05, 3.63) is 60.0 Å². The summed E-state index contributed by atoms with van der Waals surface area (Å²) < 4.78 is 29.7. The normalized spacial score (nSPS) is 11.7. The second-order valence-electron chi connectivity index (χ2n) is 7.33. The van der Waals surface area contributed by atoms with E-state index in [1.54, 1.807) is 26.0 Å². The zero-order valence-corrected chi connectivity index (χ0v) is 18.2. The van der Waals surface area contributed by atoms with Gasteiger partial charge in [0.05, 0.1) is 17.1 Å². The third-order valence-electron chi connectivity index (χ3n) is 4.29. The summed E-state index contributed by atoms with van der Waals surface area (Å²) in [4.78, 5) is 17.3. The Balaban J connectivity index is 1.83. The number of nitrogens with one attached hydrogen (secondary N) is 3. The number of fused-ring (bicyclic) bond motifs is 1. The number of rotatable bonds is 9. The lowest BCUT2D eigenvalue weighted by Gasteiger charge is -2.14. The molecule has 9 heteroatoms. The van der Waals surface area contributed by atoms with E-state index in [4.69, 9.17) is 0 Å². The van der Waals surface area contributed by atoms with Crippen LogP contribution in [0.4, 0.5) is 5.69 Å². The topological polar surface area (TPSA) is 105 Å². The van der Waals surface area contributed by atoms with Crippen molar-refractivity contribution in [1.82, 2.24) is 19.4 Å². The Hall–Kier alpha value is -2.91. The van der Waals surface area contributed by atoms with E-state index in [1.807, 2.05) is 41.9 Å². The lowest BCUT2D eigenvalue weighted by molar-refractivity contribution is 0.0950. The highest BCUT2D eigenvalue weighted by molar-refractivity contribution is 7.89. The molecule has 0 spiro atoms. The molecule has 0 unspecified atom stereocenters. The number of nitrogens with zero attached hydrogens (tertiary/aromatic N) is 2. The van der Waals surface area contributed by atoms with Crippen molar-refractivity contribution in [3.8, 4) is 0 Å². The van der Waals surface area contributed by atoms with E-state index in [-0.39, 0.29) is 29.0 Å². The Morgan fingerprint density at radius 2 is 2.00 bits per heavy atom. The van der Waals surface area contributed by atoms with Gasteiger partial charge >= 0.3 is 0 Å². The van der Waals surface area contributed by atoms with Crippen LogP contribution in [-0.2, 0) is 16.6 Å². The van der Waals surface area contributed by atoms with Gasteiger partial charge in [0.1, 0.15) is 5.65 Å². The van der Waals surface area contributed by atoms with Crippen LogP contribution in [0.2, 0.25) is 0 Å². The van der Waals surface area contributed by atoms with Gasteiger partial charge in [-0.1, -0.05) is 13.0 Å². The minimum absolute atomic E-state index is 0.0511. The number of anilines is 1. The molecule has 1 amide bonds. The van der Waals surface area contributed by atoms with Crippen LogP contribution >= 0.6 is 0 Å². The van der Waals surface area contributed by atoms with E-state index in [9.17, 15) is 13.2 Å². The van der Waals surface area contributed by atoms with Crippen molar-refractivity contribution in [3.63, 3.8) is 0 Å². The average molecular weight is 430 g/mol. The molecule has 0 radical (unpaired) electrons. The molecule has 0 bridgehead atoms. The molecule has 0 aliphatic carbocycles. The Kier molecular flexibility index (Phi) is 6.73. The summed E-state index contributed by atoms with van der Waals surface area (Å²) in [7, 11) is -3.73. The number of sulfonamides is 1. The number of imidazole rings is 1. The van der Waals surface area contributed by atoms with Gasteiger partial charge in [0.2, 0.25) is 10.0 Å². The fourth-order valence-electron chi connectivity index (χ4n) is 2.98. The van der Waals surface area contributed by atoms with E-state index in [0.29, 0.717) is 17.9 Å². The molecule has 8 nitrogen and oxygen atoms in total. The largest absolute Gasteiger partial charge is 0.385 e. The van der Waals surface area contributed by atoms with Crippen molar-refractivity contribution in [2.75, 3.05) is 11.9 Å². The van der Waals surface area contributed by atoms with Crippen molar-refractivity contribution in [1.29, 1.82) is 0 Å². The Morgan fingerprint density at radius 3 is 2.70 bits per heavy atom. The summed E-state index contributed by atoms with van der Waals surface area (Å²) in [6, 6.07) is 10.0. The fraction of sp³-hybridized carbons (Fsp3) is 0.333. The maximum absolute atomic E-state index is 12.8. The van der Waals surface area contributed by atoms with E-state index in [0.717, 1.165) is 12.1 Å². The summed E-state index contributed by atoms with van der Waals surface area (Å²) >= 11 is 0. The maximum Gasteiger partial charge on any atom is 0.251 e. The number of aromatic nitrogens is 2. The number of hydrogen-bond donors (Lipinski definition) is 3. The molecular weight excluding hydrogens is 402 g/mol. The minimum Gasteiger partial charge on any atom is -0.385 e. The summed E-state index contributed by atoms with van der Waals surface area (Å²) in [5.41, 5.74) is 2.36. The Labute approximate surface area is 176 Å². The molecule has 0 fully saturated rings. The van der Waals surface area contributed by atoms with E-state index in [1.165, 1.54) is 6.07 Å². The first-order valence-corrected chi connectivity index (χ1v) is 11.4. The molecule has 2 aromatic heterocycles. The predicted octanol–water partition coefficient (Wildman–Crippen LogP) is 2.77. The molecule has 0 aliphatic rings. The average Bonchev–Trinajstić information content (AvgIpc) is 3.12. The first-order chi connectivity index (χ1) is 14.3. The van der Waals surface area contributed by atoms with Gasteiger partial charge in [-0.15, -0.1) is 0 Å². The van der Waals surface area contributed by atoms with Crippen molar-refractivity contribution in [2.24, 2.45) is 0 Å². The van der Waals surface area contributed by atoms with Crippen LogP contribution in [0.15, 0.2) is 53.7 Å². The highest BCUT2D eigenvalue weighted by Crippen LogP contribution is 2.20. The van der Waals surface area contributed by atoms with Crippen LogP contribution in [-0.4, -0.2) is 36.3 Å². The summed E-state index contributed by atoms with van der Waals surface area (Å²) in [6.07, 6.45) is 4.60. The number of amides is 1. The summed E-state index contributed by atoms with van der Waals surface area (Å²) in [5, 5.41) is 5.98. The maximum atomic E-state index is 12.8. The number of carbonyl (C=O) groups excluding carboxylic acids is 1. The van der Waals surface area contributed by atoms with E-state index >= 15 is 0 Å². The zero-order valence-electron chi connectivity index (χ0n) is 17.3. The number of pyridine rings is 1. The number of carbonyl (C=O) groups is 1. The highest BCUT2D eigenvalue weighted by atomic mass is 32.2. The molecular formula is C21H27N5O3S. The highest BCUT2D eigenvalue weighted by Gasteiger charge is 2.19. The van der Waals surface area contributed by atoms with Gasteiger partial charge in [-0.2, -0.15) is 0 Å². The van der Waals surface area contributed by atoms with Gasteiger partial charge in [0.15, 0.2) is 0 Å². The monoisotopic (exact) mass is 429 g/mol. The van der Waals surface area contributed by atoms with Crippen LogP contribution in [0.3, 0.4) is 0 Å². The Morgan fingerprint density at radius 1 is 1.20 bits per heavy atom. The number of hydrogen-bond acceptors (Lipinski definition) is 5. The van der Waals surface area contributed by atoms with E-state index in [2.05, 4.69) is 20.3 Å². The zero-order chi connectivity index (χ0) is 21.7. The quantitative estimate of drug-likeness (QED) is 0.485. The first-order valence-electron chi connectivity index (χ1n) is 9.90. The SMILES string of the molecule is CCCNc1cc(C(=O)NCc2cn3ccccc3n2)cc(S(=O)(=O)NC(C)C)c1. The summed E-state index contributed by atoms with van der Waals surface area (Å²) in [6.45, 7) is 6.41. The van der Waals surface area contributed by atoms with Crippen LogP contribution in [0, 0.1) is 0 Å². The van der Waals surface area contributed by atoms with Gasteiger partial charge < -0.3 is 15.0 Å². The molecule has 0 aliphatic heterocycles. The molecule has 3 N–H and O–H groups in total. The van der Waals surface area contributed by atoms with Gasteiger partial charge in [0, 0.05) is 36.2 Å². The van der Waals surface area contributed by atoms with Crippen molar-refractivity contribution < 1.29 is 13.2 Å². The second kappa shape index (κ2) is 9.27. The molecule has 2 heterocycles. The van der Waals surface area contributed by atoms with Crippen LogP contribution in [0.5, 0.6) is 0 Å². The predicted molar refractivity (Wildman–Crippen MR) is 117 cm³/mol. The second-order valence-corrected chi connectivity index (χ2v) is 9.04. The van der Waals surface area contributed by atoms with Crippen LogP contribution in [0.25, 0.3) is 5.65 Å². The molecule has 3 rings (SSSR count). The third kappa shape index (κ3) is 5.37. The molecule has 0 atom stereocenters. The van der Waals surface area contributed by atoms with Gasteiger partial charge in [-0.3, -0.25) is 4.79 Å². The van der Waals surface area contributed by atoms with Gasteiger partial charge in [-0.25, -0.2) is 18.1 Å². The standard InChI is InChI=1S/C21H27N5O3S/c1-4-8-22-17-10-16(11-19(12-17)30(28,29)25-15(2)3)21(27)23-13-18-14-26-9-6-5-7-20(26)24-18/h5-7,9-12,14-15,22,25H,4,8,13H2,1-3H3,(H,23,27). The van der Waals surface area contributed by atoms with Gasteiger partial charge in [0.25, 0.3) is 5.91 Å². The number of benzene rings is 1. The molecule has 3 aromatic rings. The van der Waals surface area contributed by atoms with Crippen molar-refractivity contribution in [2.45, 2.75) is 44.7 Å². The van der Waals surface area contributed by atoms with Gasteiger partial charge in [-0.05, 0) is 50.6 Å². The van der Waals surface area contributed by atoms with Crippen LogP contribution < -0.4 is 15.4 Å². The molecule has 30 heavy (non-hydrogen) atoms. The molecule has 1 aromatic carbocycles. The van der Waals surface area contributed by atoms with Crippen molar-refractivity contribution >= 4 is 27.3 Å². The lowest BCUT2D eigenvalue weighted by atomic mass is 10.2.